The molecule has 2 atom stereocenters. The van der Waals surface area contributed by atoms with Crippen LogP contribution in [0.3, 0.4) is 0 Å². The lowest BCUT2D eigenvalue weighted by molar-refractivity contribution is 0.148. The van der Waals surface area contributed by atoms with Gasteiger partial charge in [-0.05, 0) is 41.1 Å². The molecule has 1 heterocycles. The van der Waals surface area contributed by atoms with Gasteiger partial charge < -0.3 is 10.1 Å². The van der Waals surface area contributed by atoms with Gasteiger partial charge in [-0.2, -0.15) is 0 Å². The van der Waals surface area contributed by atoms with E-state index in [-0.39, 0.29) is 17.3 Å². The van der Waals surface area contributed by atoms with Gasteiger partial charge in [0.1, 0.15) is 0 Å². The first-order chi connectivity index (χ1) is 11.5. The lowest BCUT2D eigenvalue weighted by atomic mass is 10.2. The standard InChI is InChI=1S/C13H16Br2N2O6S2/c1-2-23-13(18)16-10-6-24(19,20)7-11(10)17-25(21,22)12-5-8(14)3-4-9(12)15/h3-5,10-11,17H,2,6-7H2,1H3,(H,16,18)/t10-,11+/m1/s1. The van der Waals surface area contributed by atoms with E-state index in [1.807, 2.05) is 0 Å². The fraction of sp³-hybridized carbons (Fsp3) is 0.462. The minimum atomic E-state index is -4.01. The monoisotopic (exact) mass is 518 g/mol. The highest BCUT2D eigenvalue weighted by Crippen LogP contribution is 2.26. The van der Waals surface area contributed by atoms with E-state index in [1.165, 1.54) is 6.07 Å². The SMILES string of the molecule is CCOC(=O)N[C@@H]1CS(=O)(=O)C[C@@H]1NS(=O)(=O)c1cc(Br)ccc1Br. The zero-order valence-electron chi connectivity index (χ0n) is 13.0. The van der Waals surface area contributed by atoms with Gasteiger partial charge in [0.15, 0.2) is 9.84 Å². The highest BCUT2D eigenvalue weighted by atomic mass is 79.9. The number of carbonyl (C=O) groups is 1. The van der Waals surface area contributed by atoms with Crippen molar-refractivity contribution in [1.82, 2.24) is 10.0 Å². The van der Waals surface area contributed by atoms with E-state index in [0.29, 0.717) is 8.95 Å². The molecule has 12 heteroatoms. The predicted molar refractivity (Wildman–Crippen MR) is 98.6 cm³/mol. The first kappa shape index (κ1) is 20.6. The molecule has 1 aliphatic heterocycles. The summed E-state index contributed by atoms with van der Waals surface area (Å²) >= 11 is 6.36. The van der Waals surface area contributed by atoms with E-state index < -0.39 is 43.8 Å². The Morgan fingerprint density at radius 2 is 1.92 bits per heavy atom. The van der Waals surface area contributed by atoms with Gasteiger partial charge in [-0.1, -0.05) is 15.9 Å². The van der Waals surface area contributed by atoms with E-state index >= 15 is 0 Å². The quantitative estimate of drug-likeness (QED) is 0.607. The average molecular weight is 520 g/mol. The first-order valence-electron chi connectivity index (χ1n) is 7.15. The van der Waals surface area contributed by atoms with Crippen molar-refractivity contribution >= 4 is 57.8 Å². The van der Waals surface area contributed by atoms with Crippen LogP contribution in [0.2, 0.25) is 0 Å². The number of alkyl carbamates (subject to hydrolysis) is 1. The Bertz CT molecular complexity index is 873. The Hall–Kier alpha value is -0.690. The zero-order valence-corrected chi connectivity index (χ0v) is 17.8. The fourth-order valence-electron chi connectivity index (χ4n) is 2.38. The lowest BCUT2D eigenvalue weighted by Crippen LogP contribution is -2.51. The Balaban J connectivity index is 2.26. The van der Waals surface area contributed by atoms with E-state index in [4.69, 9.17) is 4.74 Å². The highest BCUT2D eigenvalue weighted by molar-refractivity contribution is 9.11. The molecule has 0 bridgehead atoms. The molecule has 140 valence electrons. The number of amides is 1. The minimum Gasteiger partial charge on any atom is -0.450 e. The van der Waals surface area contributed by atoms with Gasteiger partial charge in [0, 0.05) is 8.95 Å². The van der Waals surface area contributed by atoms with Crippen molar-refractivity contribution in [2.24, 2.45) is 0 Å². The number of sulfonamides is 1. The maximum atomic E-state index is 12.6. The van der Waals surface area contributed by atoms with Crippen molar-refractivity contribution in [3.8, 4) is 0 Å². The molecule has 1 aromatic carbocycles. The number of nitrogens with one attached hydrogen (secondary N) is 2. The van der Waals surface area contributed by atoms with Crippen LogP contribution in [-0.4, -0.2) is 53.1 Å². The molecule has 0 aromatic heterocycles. The van der Waals surface area contributed by atoms with Gasteiger partial charge in [-0.3, -0.25) is 0 Å². The third kappa shape index (κ3) is 5.39. The summed E-state index contributed by atoms with van der Waals surface area (Å²) in [4.78, 5) is 11.5. The Morgan fingerprint density at radius 3 is 2.56 bits per heavy atom. The first-order valence-corrected chi connectivity index (χ1v) is 12.0. The molecule has 1 amide bonds. The van der Waals surface area contributed by atoms with Gasteiger partial charge in [0.25, 0.3) is 0 Å². The molecule has 1 fully saturated rings. The number of hydrogen-bond acceptors (Lipinski definition) is 6. The summed E-state index contributed by atoms with van der Waals surface area (Å²) in [5.74, 6) is -0.770. The molecule has 1 saturated heterocycles. The number of carbonyl (C=O) groups excluding carboxylic acids is 1. The molecule has 8 nitrogen and oxygen atoms in total. The second-order valence-corrected chi connectivity index (χ2v) is 11.0. The third-order valence-corrected chi connectivity index (χ3v) is 8.13. The summed E-state index contributed by atoms with van der Waals surface area (Å²) < 4.78 is 57.0. The summed E-state index contributed by atoms with van der Waals surface area (Å²) in [5.41, 5.74) is 0. The fourth-order valence-corrected chi connectivity index (χ4v) is 7.12. The molecular formula is C13H16Br2N2O6S2. The van der Waals surface area contributed by atoms with Gasteiger partial charge in [0.05, 0.1) is 35.1 Å². The van der Waals surface area contributed by atoms with Gasteiger partial charge in [-0.25, -0.2) is 26.4 Å². The van der Waals surface area contributed by atoms with Gasteiger partial charge in [0.2, 0.25) is 10.0 Å². The molecule has 0 radical (unpaired) electrons. The number of sulfone groups is 1. The zero-order chi connectivity index (χ0) is 18.8. The van der Waals surface area contributed by atoms with Crippen molar-refractivity contribution < 1.29 is 26.4 Å². The number of hydrogen-bond donors (Lipinski definition) is 2. The second-order valence-electron chi connectivity index (χ2n) is 5.35. The van der Waals surface area contributed by atoms with Gasteiger partial charge >= 0.3 is 6.09 Å². The van der Waals surface area contributed by atoms with Crippen LogP contribution >= 0.6 is 31.9 Å². The van der Waals surface area contributed by atoms with E-state index in [0.717, 1.165) is 0 Å². The Morgan fingerprint density at radius 1 is 1.28 bits per heavy atom. The van der Waals surface area contributed by atoms with Crippen LogP contribution in [0.4, 0.5) is 4.79 Å². The largest absolute Gasteiger partial charge is 0.450 e. The molecule has 0 saturated carbocycles. The molecule has 0 unspecified atom stereocenters. The Kier molecular flexibility index (Phi) is 6.52. The van der Waals surface area contributed by atoms with Crippen molar-refractivity contribution in [3.05, 3.63) is 27.1 Å². The summed E-state index contributed by atoms with van der Waals surface area (Å²) in [5, 5.41) is 2.40. The smallest absolute Gasteiger partial charge is 0.407 e. The average Bonchev–Trinajstić information content (AvgIpc) is 2.74. The normalized spacial score (nSPS) is 22.5. The van der Waals surface area contributed by atoms with Crippen molar-refractivity contribution in [2.75, 3.05) is 18.1 Å². The maximum Gasteiger partial charge on any atom is 0.407 e. The van der Waals surface area contributed by atoms with Crippen LogP contribution in [0.1, 0.15) is 6.92 Å². The minimum absolute atomic E-state index is 0.0407. The molecule has 25 heavy (non-hydrogen) atoms. The molecule has 0 aliphatic carbocycles. The molecular weight excluding hydrogens is 504 g/mol. The van der Waals surface area contributed by atoms with Crippen LogP contribution in [0, 0.1) is 0 Å². The summed E-state index contributed by atoms with van der Waals surface area (Å²) in [7, 11) is -7.51. The summed E-state index contributed by atoms with van der Waals surface area (Å²) in [6, 6.07) is 2.70. The number of ether oxygens (including phenoxy) is 1. The summed E-state index contributed by atoms with van der Waals surface area (Å²) in [6.45, 7) is 1.72. The summed E-state index contributed by atoms with van der Waals surface area (Å²) in [6.07, 6.45) is -0.794. The number of halogens is 2. The van der Waals surface area contributed by atoms with Gasteiger partial charge in [-0.15, -0.1) is 0 Å². The van der Waals surface area contributed by atoms with E-state index in [9.17, 15) is 21.6 Å². The second kappa shape index (κ2) is 7.91. The van der Waals surface area contributed by atoms with E-state index in [2.05, 4.69) is 41.9 Å². The highest BCUT2D eigenvalue weighted by Gasteiger charge is 2.41. The molecule has 1 aromatic rings. The number of benzene rings is 1. The van der Waals surface area contributed by atoms with Crippen LogP contribution in [0.5, 0.6) is 0 Å². The lowest BCUT2D eigenvalue weighted by Gasteiger charge is -2.20. The Labute approximate surface area is 162 Å². The topological polar surface area (TPSA) is 119 Å². The van der Waals surface area contributed by atoms with Crippen molar-refractivity contribution in [1.29, 1.82) is 0 Å². The molecule has 0 spiro atoms. The van der Waals surface area contributed by atoms with Crippen LogP contribution < -0.4 is 10.0 Å². The van der Waals surface area contributed by atoms with Crippen LogP contribution in [-0.2, 0) is 24.6 Å². The van der Waals surface area contributed by atoms with Crippen molar-refractivity contribution in [3.63, 3.8) is 0 Å². The maximum absolute atomic E-state index is 12.6. The third-order valence-electron chi connectivity index (χ3n) is 3.42. The molecule has 2 rings (SSSR count). The molecule has 2 N–H and O–H groups in total. The van der Waals surface area contributed by atoms with Crippen molar-refractivity contribution in [2.45, 2.75) is 23.9 Å². The number of rotatable bonds is 5. The van der Waals surface area contributed by atoms with Crippen LogP contribution in [0.15, 0.2) is 32.0 Å². The molecule has 1 aliphatic rings. The predicted octanol–water partition coefficient (Wildman–Crippen LogP) is 1.40. The van der Waals surface area contributed by atoms with E-state index in [1.54, 1.807) is 19.1 Å². The van der Waals surface area contributed by atoms with Crippen LogP contribution in [0.25, 0.3) is 0 Å².